The second-order valence-corrected chi connectivity index (χ2v) is 13.0. The first-order valence-electron chi connectivity index (χ1n) is 12.5. The molecule has 1 aromatic heterocycles. The molecule has 35 heavy (non-hydrogen) atoms. The minimum atomic E-state index is -1.97. The molecule has 6 rings (SSSR count). The molecule has 3 saturated carbocycles. The monoisotopic (exact) mass is 501 g/mol. The van der Waals surface area contributed by atoms with Gasteiger partial charge in [0.05, 0.1) is 12.6 Å². The van der Waals surface area contributed by atoms with Gasteiger partial charge in [0.25, 0.3) is 0 Å². The predicted molar refractivity (Wildman–Crippen MR) is 128 cm³/mol. The third-order valence-corrected chi connectivity index (χ3v) is 11.1. The van der Waals surface area contributed by atoms with E-state index in [0.29, 0.717) is 32.4 Å². The summed E-state index contributed by atoms with van der Waals surface area (Å²) >= 11 is 1.66. The molecule has 0 bridgehead atoms. The number of aliphatic hydroxyl groups is 1. The number of aryl methyl sites for hydroxylation is 1. The lowest BCUT2D eigenvalue weighted by molar-refractivity contribution is -0.274. The highest BCUT2D eigenvalue weighted by Gasteiger charge is 2.79. The van der Waals surface area contributed by atoms with Crippen molar-refractivity contribution in [2.75, 3.05) is 6.54 Å². The second kappa shape index (κ2) is 7.34. The van der Waals surface area contributed by atoms with Gasteiger partial charge in [-0.05, 0) is 69.7 Å². The van der Waals surface area contributed by atoms with Gasteiger partial charge in [-0.15, -0.1) is 11.3 Å². The van der Waals surface area contributed by atoms with Crippen LogP contribution in [0.25, 0.3) is 0 Å². The average molecular weight is 502 g/mol. The van der Waals surface area contributed by atoms with Crippen LogP contribution in [0.5, 0.6) is 0 Å². The summed E-state index contributed by atoms with van der Waals surface area (Å²) in [6.07, 6.45) is 4.79. The van der Waals surface area contributed by atoms with Crippen LogP contribution in [0, 0.1) is 35.5 Å². The summed E-state index contributed by atoms with van der Waals surface area (Å²) in [4.78, 5) is 33.6. The number of nitrogens with zero attached hydrogens (tertiary/aromatic N) is 1. The highest BCUT2D eigenvalue weighted by Crippen LogP contribution is 2.72. The Labute approximate surface area is 208 Å². The number of rotatable bonds is 3. The molecule has 8 heteroatoms. The molecule has 0 aromatic carbocycles. The lowest BCUT2D eigenvalue weighted by Crippen LogP contribution is -2.69. The molecule has 4 fully saturated rings. The van der Waals surface area contributed by atoms with E-state index in [1.807, 2.05) is 26.0 Å². The van der Waals surface area contributed by atoms with Crippen molar-refractivity contribution in [3.63, 3.8) is 0 Å². The van der Waals surface area contributed by atoms with Gasteiger partial charge in [-0.2, -0.15) is 5.06 Å². The molecule has 0 radical (unpaired) electrons. The van der Waals surface area contributed by atoms with E-state index < -0.39 is 40.1 Å². The second-order valence-electron chi connectivity index (χ2n) is 11.7. The van der Waals surface area contributed by atoms with E-state index in [1.165, 1.54) is 17.0 Å². The fraction of sp³-hybridized carbons (Fsp3) is 0.630. The zero-order chi connectivity index (χ0) is 25.0. The zero-order valence-corrected chi connectivity index (χ0v) is 21.1. The third kappa shape index (κ3) is 2.80. The fourth-order valence-electron chi connectivity index (χ4n) is 8.53. The number of allylic oxidation sites excluding steroid dienone is 4. The van der Waals surface area contributed by atoms with Gasteiger partial charge in [0.2, 0.25) is 0 Å². The molecular formula is C27H32FNO5S. The summed E-state index contributed by atoms with van der Waals surface area (Å²) in [6.45, 7) is 6.68. The third-order valence-electron chi connectivity index (χ3n) is 10.1. The van der Waals surface area contributed by atoms with Crippen LogP contribution in [-0.2, 0) is 21.0 Å². The first-order chi connectivity index (χ1) is 16.5. The smallest absolute Gasteiger partial charge is 0.339 e. The van der Waals surface area contributed by atoms with Crippen LogP contribution in [0.1, 0.15) is 49.3 Å². The molecular weight excluding hydrogens is 469 g/mol. The molecule has 1 aliphatic heterocycles. The van der Waals surface area contributed by atoms with E-state index in [-0.39, 0.29) is 24.0 Å². The van der Waals surface area contributed by atoms with Gasteiger partial charge < -0.3 is 10.2 Å². The SMILES string of the molecule is Cc1ccc(CN2C[C@@H]3C[C@H]4[C@@H]5CCC6=CC(=O)C=C[C@]6(C)[C@@]5(F)[C@@H](O)C[C@]4(C)[C@]3(C(=O)O)O2)s1. The Kier molecular flexibility index (Phi) is 4.93. The minimum absolute atomic E-state index is 0.00404. The molecule has 188 valence electrons. The number of ketones is 1. The summed E-state index contributed by atoms with van der Waals surface area (Å²) in [5.74, 6) is -2.23. The van der Waals surface area contributed by atoms with Crippen molar-refractivity contribution in [3.8, 4) is 0 Å². The summed E-state index contributed by atoms with van der Waals surface area (Å²) < 4.78 is 17.3. The molecule has 0 unspecified atom stereocenters. The number of hydroxylamine groups is 2. The molecule has 2 N–H and O–H groups in total. The van der Waals surface area contributed by atoms with Gasteiger partial charge in [0.15, 0.2) is 17.1 Å². The highest BCUT2D eigenvalue weighted by molar-refractivity contribution is 7.11. The molecule has 8 atom stereocenters. The predicted octanol–water partition coefficient (Wildman–Crippen LogP) is 4.22. The van der Waals surface area contributed by atoms with E-state index in [4.69, 9.17) is 4.84 Å². The Morgan fingerprint density at radius 1 is 1.31 bits per heavy atom. The Morgan fingerprint density at radius 2 is 2.09 bits per heavy atom. The molecule has 1 saturated heterocycles. The standard InChI is InChI=1S/C27H32FNO5S/c1-15-4-6-19(35-15)14-29-13-17-11-21-20-7-5-16-10-18(30)8-9-24(16,2)26(20,28)22(31)12-25(21,3)27(17,34-29)23(32)33/h4,6,8-10,17,20-22,31H,5,7,11-14H2,1-3H3,(H,32,33)/t17-,20-,21-,22-,24-,25-,26-,27-/m0/s1. The number of aliphatic hydroxyl groups excluding tert-OH is 1. The molecule has 0 spiro atoms. The highest BCUT2D eigenvalue weighted by atomic mass is 32.1. The van der Waals surface area contributed by atoms with E-state index >= 15 is 4.39 Å². The van der Waals surface area contributed by atoms with Gasteiger partial charge >= 0.3 is 5.97 Å². The summed E-state index contributed by atoms with van der Waals surface area (Å²) in [5, 5.41) is 23.8. The normalized spacial score (nSPS) is 46.5. The van der Waals surface area contributed by atoms with Crippen molar-refractivity contribution in [3.05, 3.63) is 45.7 Å². The first-order valence-corrected chi connectivity index (χ1v) is 13.3. The fourth-order valence-corrected chi connectivity index (χ4v) is 9.42. The number of aliphatic carboxylic acids is 1. The number of hydrogen-bond donors (Lipinski definition) is 2. The maximum absolute atomic E-state index is 17.3. The van der Waals surface area contributed by atoms with Gasteiger partial charge in [-0.1, -0.05) is 18.6 Å². The van der Waals surface area contributed by atoms with Crippen molar-refractivity contribution in [2.45, 2.75) is 70.4 Å². The van der Waals surface area contributed by atoms with Gasteiger partial charge in [-0.3, -0.25) is 9.63 Å². The van der Waals surface area contributed by atoms with Crippen LogP contribution in [0.3, 0.4) is 0 Å². The average Bonchev–Trinajstić information content (AvgIpc) is 3.43. The van der Waals surface area contributed by atoms with E-state index in [1.54, 1.807) is 29.4 Å². The number of carbonyl (C=O) groups excluding carboxylic acids is 1. The van der Waals surface area contributed by atoms with E-state index in [2.05, 4.69) is 0 Å². The maximum Gasteiger partial charge on any atom is 0.339 e. The van der Waals surface area contributed by atoms with Crippen molar-refractivity contribution in [1.29, 1.82) is 0 Å². The van der Waals surface area contributed by atoms with Crippen LogP contribution >= 0.6 is 11.3 Å². The summed E-state index contributed by atoms with van der Waals surface area (Å²) in [5.41, 5.74) is -4.74. The largest absolute Gasteiger partial charge is 0.479 e. The number of carboxylic acids is 1. The molecule has 2 heterocycles. The van der Waals surface area contributed by atoms with Gasteiger partial charge in [0.1, 0.15) is 0 Å². The maximum atomic E-state index is 17.3. The van der Waals surface area contributed by atoms with Crippen molar-refractivity contribution in [1.82, 2.24) is 5.06 Å². The van der Waals surface area contributed by atoms with Gasteiger partial charge in [-0.25, -0.2) is 9.18 Å². The number of thiophene rings is 1. The molecule has 4 aliphatic carbocycles. The Bertz CT molecular complexity index is 1180. The van der Waals surface area contributed by atoms with E-state index in [0.717, 1.165) is 10.5 Å². The number of carboxylic acid groups (broad SMARTS) is 1. The zero-order valence-electron chi connectivity index (χ0n) is 20.3. The number of hydrogen-bond acceptors (Lipinski definition) is 6. The first kappa shape index (κ1) is 23.5. The van der Waals surface area contributed by atoms with Crippen LogP contribution < -0.4 is 0 Å². The summed E-state index contributed by atoms with van der Waals surface area (Å²) in [7, 11) is 0. The van der Waals surface area contributed by atoms with E-state index in [9.17, 15) is 19.8 Å². The Balaban J connectivity index is 1.37. The number of fused-ring (bicyclic) bond motifs is 7. The van der Waals surface area contributed by atoms with Crippen molar-refractivity contribution in [2.24, 2.45) is 28.6 Å². The Morgan fingerprint density at radius 3 is 2.77 bits per heavy atom. The number of carbonyl (C=O) groups is 2. The number of alkyl halides is 1. The summed E-state index contributed by atoms with van der Waals surface area (Å²) in [6, 6.07) is 4.08. The van der Waals surface area contributed by atoms with Crippen LogP contribution in [0.4, 0.5) is 4.39 Å². The molecule has 1 aromatic rings. The lowest BCUT2D eigenvalue weighted by atomic mass is 9.45. The quantitative estimate of drug-likeness (QED) is 0.645. The van der Waals surface area contributed by atoms with Crippen LogP contribution in [-0.4, -0.2) is 50.9 Å². The van der Waals surface area contributed by atoms with Crippen molar-refractivity contribution >= 4 is 23.1 Å². The number of halogens is 1. The minimum Gasteiger partial charge on any atom is -0.479 e. The topological polar surface area (TPSA) is 87.1 Å². The lowest BCUT2D eigenvalue weighted by Gasteiger charge is -2.62. The molecule has 6 nitrogen and oxygen atoms in total. The molecule has 5 aliphatic rings. The van der Waals surface area contributed by atoms with Gasteiger partial charge in [0, 0.05) is 39.0 Å². The Hall–Kier alpha value is -1.87. The van der Waals surface area contributed by atoms with Crippen LogP contribution in [0.2, 0.25) is 0 Å². The van der Waals surface area contributed by atoms with Crippen molar-refractivity contribution < 1.29 is 29.0 Å². The molecule has 0 amide bonds. The van der Waals surface area contributed by atoms with Crippen LogP contribution in [0.15, 0.2) is 35.9 Å².